The van der Waals surface area contributed by atoms with Crippen LogP contribution in [0, 0.1) is 23.2 Å². The Kier molecular flexibility index (Phi) is 11.3. The third-order valence-corrected chi connectivity index (χ3v) is 13.0. The number of alkyl halides is 1. The van der Waals surface area contributed by atoms with Crippen molar-refractivity contribution in [2.45, 2.75) is 107 Å². The average molecular weight is 717 g/mol. The fourth-order valence-electron chi connectivity index (χ4n) is 8.55. The second-order valence-electron chi connectivity index (χ2n) is 15.7. The van der Waals surface area contributed by atoms with Crippen LogP contribution in [0.4, 0.5) is 0 Å². The van der Waals surface area contributed by atoms with Crippen LogP contribution in [-0.2, 0) is 20.9 Å². The molecule has 0 aromatic heterocycles. The largest absolute Gasteiger partial charge is 0.394 e. The van der Waals surface area contributed by atoms with E-state index >= 15 is 4.79 Å². The summed E-state index contributed by atoms with van der Waals surface area (Å²) in [6, 6.07) is 8.51. The molecule has 46 heavy (non-hydrogen) atoms. The van der Waals surface area contributed by atoms with E-state index in [0.29, 0.717) is 32.5 Å². The lowest BCUT2D eigenvalue weighted by molar-refractivity contribution is -0.150. The third-order valence-electron chi connectivity index (χ3n) is 9.74. The van der Waals surface area contributed by atoms with Gasteiger partial charge in [0.05, 0.1) is 29.2 Å². The van der Waals surface area contributed by atoms with E-state index in [-0.39, 0.29) is 45.7 Å². The first kappa shape index (κ1) is 36.7. The van der Waals surface area contributed by atoms with Crippen LogP contribution in [-0.4, -0.2) is 89.7 Å². The van der Waals surface area contributed by atoms with Gasteiger partial charge in [-0.25, -0.2) is 0 Å². The van der Waals surface area contributed by atoms with E-state index in [1.807, 2.05) is 35.2 Å². The molecule has 3 unspecified atom stereocenters. The van der Waals surface area contributed by atoms with Gasteiger partial charge in [-0.2, -0.15) is 0 Å². The SMILES string of the molecule is C=CCN(Cc1ccccc1)C(=O)[C@H]1[C@@H]2SC3(CC2Br)C(C(=O)N(CC=C)C(C)(C)CC(C)(C)C)N([C@@H](CO)CC(C)C)C(=O)[C@H]13. The van der Waals surface area contributed by atoms with Crippen molar-refractivity contribution >= 4 is 45.4 Å². The lowest BCUT2D eigenvalue weighted by Crippen LogP contribution is -2.62. The molecule has 9 heteroatoms. The molecular formula is C37H54BrN3O4S. The highest BCUT2D eigenvalue weighted by Gasteiger charge is 2.76. The molecule has 0 radical (unpaired) electrons. The van der Waals surface area contributed by atoms with Crippen molar-refractivity contribution in [3.8, 4) is 0 Å². The standard InChI is InChI=1S/C37H54BrN3O4S/c1-10-17-39(21-25-15-13-12-14-16-25)32(43)28-29-33(44)41(26(22-42)19-24(3)4)31(37(29)20-27(38)30(28)46-37)34(45)40(18-11-2)36(8,9)23-35(5,6)7/h10-16,24,26-31,42H,1-2,17-23H2,3-9H3/t26-,27?,28-,29+,30-,31?,37?/m1/s1. The number of nitrogens with zero attached hydrogens (tertiary/aromatic N) is 3. The Morgan fingerprint density at radius 1 is 1.11 bits per heavy atom. The Morgan fingerprint density at radius 3 is 2.28 bits per heavy atom. The van der Waals surface area contributed by atoms with Crippen LogP contribution in [0.25, 0.3) is 0 Å². The highest BCUT2D eigenvalue weighted by molar-refractivity contribution is 9.09. The molecule has 3 fully saturated rings. The Hall–Kier alpha value is -2.10. The van der Waals surface area contributed by atoms with Crippen LogP contribution in [0.15, 0.2) is 55.6 Å². The highest BCUT2D eigenvalue weighted by atomic mass is 79.9. The minimum Gasteiger partial charge on any atom is -0.394 e. The number of fused-ring (bicyclic) bond motifs is 1. The van der Waals surface area contributed by atoms with Crippen molar-refractivity contribution in [3.05, 3.63) is 61.2 Å². The molecule has 7 atom stereocenters. The molecule has 3 saturated heterocycles. The molecule has 3 aliphatic rings. The number of hydrogen-bond acceptors (Lipinski definition) is 5. The summed E-state index contributed by atoms with van der Waals surface area (Å²) in [7, 11) is 0. The van der Waals surface area contributed by atoms with Crippen LogP contribution in [0.1, 0.15) is 73.3 Å². The fourth-order valence-corrected chi connectivity index (χ4v) is 12.1. The van der Waals surface area contributed by atoms with Gasteiger partial charge >= 0.3 is 0 Å². The number of aliphatic hydroxyl groups excluding tert-OH is 1. The van der Waals surface area contributed by atoms with Gasteiger partial charge in [-0.05, 0) is 50.0 Å². The summed E-state index contributed by atoms with van der Waals surface area (Å²) in [5.41, 5.74) is 0.428. The minimum atomic E-state index is -0.810. The summed E-state index contributed by atoms with van der Waals surface area (Å²) >= 11 is 5.56. The number of likely N-dealkylation sites (tertiary alicyclic amines) is 1. The van der Waals surface area contributed by atoms with Crippen LogP contribution in [0.3, 0.4) is 0 Å². The molecule has 1 aromatic rings. The van der Waals surface area contributed by atoms with Crippen LogP contribution in [0.2, 0.25) is 0 Å². The molecule has 3 heterocycles. The van der Waals surface area contributed by atoms with Crippen LogP contribution in [0.5, 0.6) is 0 Å². The number of halogens is 1. The van der Waals surface area contributed by atoms with Gasteiger partial charge < -0.3 is 19.8 Å². The van der Waals surface area contributed by atoms with Crippen molar-refractivity contribution in [2.24, 2.45) is 23.2 Å². The van der Waals surface area contributed by atoms with Crippen molar-refractivity contribution in [1.29, 1.82) is 0 Å². The summed E-state index contributed by atoms with van der Waals surface area (Å²) < 4.78 is -0.804. The van der Waals surface area contributed by atoms with Gasteiger partial charge in [0.15, 0.2) is 0 Å². The van der Waals surface area contributed by atoms with Gasteiger partial charge in [-0.1, -0.05) is 93.0 Å². The number of carbonyl (C=O) groups excluding carboxylic acids is 3. The Bertz CT molecular complexity index is 1300. The number of rotatable bonds is 14. The maximum atomic E-state index is 15.2. The first-order chi connectivity index (χ1) is 21.5. The molecule has 1 aromatic carbocycles. The molecule has 254 valence electrons. The highest BCUT2D eigenvalue weighted by Crippen LogP contribution is 2.68. The van der Waals surface area contributed by atoms with E-state index in [4.69, 9.17) is 0 Å². The Morgan fingerprint density at radius 2 is 1.74 bits per heavy atom. The molecule has 3 aliphatic heterocycles. The van der Waals surface area contributed by atoms with Gasteiger partial charge in [0, 0.05) is 35.3 Å². The van der Waals surface area contributed by atoms with Crippen LogP contribution < -0.4 is 0 Å². The van der Waals surface area contributed by atoms with Gasteiger partial charge in [0.2, 0.25) is 17.7 Å². The Labute approximate surface area is 289 Å². The normalized spacial score (nSPS) is 27.9. The van der Waals surface area contributed by atoms with E-state index in [9.17, 15) is 14.7 Å². The maximum absolute atomic E-state index is 15.2. The molecule has 0 saturated carbocycles. The minimum absolute atomic E-state index is 0.0406. The topological polar surface area (TPSA) is 81.2 Å². The van der Waals surface area contributed by atoms with E-state index in [0.717, 1.165) is 12.0 Å². The molecule has 3 amide bonds. The summed E-state index contributed by atoms with van der Waals surface area (Å²) in [5, 5.41) is 10.6. The number of benzene rings is 1. The molecule has 1 spiro atoms. The molecule has 7 nitrogen and oxygen atoms in total. The Balaban J connectivity index is 1.83. The lowest BCUT2D eigenvalue weighted by atomic mass is 9.70. The van der Waals surface area contributed by atoms with Crippen LogP contribution >= 0.6 is 27.7 Å². The quantitative estimate of drug-likeness (QED) is 0.181. The maximum Gasteiger partial charge on any atom is 0.247 e. The van der Waals surface area contributed by atoms with Crippen molar-refractivity contribution < 1.29 is 19.5 Å². The molecular weight excluding hydrogens is 662 g/mol. The number of aliphatic hydroxyl groups is 1. The molecule has 0 aliphatic carbocycles. The van der Waals surface area contributed by atoms with E-state index in [1.165, 1.54) is 0 Å². The number of amides is 3. The first-order valence-electron chi connectivity index (χ1n) is 16.6. The zero-order valence-electron chi connectivity index (χ0n) is 28.7. The fraction of sp³-hybridized carbons (Fsp3) is 0.649. The second kappa shape index (κ2) is 14.2. The van der Waals surface area contributed by atoms with E-state index in [2.05, 4.69) is 77.6 Å². The zero-order valence-corrected chi connectivity index (χ0v) is 31.1. The van der Waals surface area contributed by atoms with E-state index < -0.39 is 34.2 Å². The summed E-state index contributed by atoms with van der Waals surface area (Å²) in [5.74, 6) is -1.47. The zero-order chi connectivity index (χ0) is 34.2. The monoisotopic (exact) mass is 715 g/mol. The third kappa shape index (κ3) is 7.02. The van der Waals surface area contributed by atoms with Crippen molar-refractivity contribution in [3.63, 3.8) is 0 Å². The predicted octanol–water partition coefficient (Wildman–Crippen LogP) is 6.30. The number of carbonyl (C=O) groups is 3. The van der Waals surface area contributed by atoms with Gasteiger partial charge in [-0.15, -0.1) is 24.9 Å². The van der Waals surface area contributed by atoms with Crippen molar-refractivity contribution in [1.82, 2.24) is 14.7 Å². The summed E-state index contributed by atoms with van der Waals surface area (Å²) in [4.78, 5) is 50.1. The molecule has 4 rings (SSSR count). The van der Waals surface area contributed by atoms with Gasteiger partial charge in [0.1, 0.15) is 6.04 Å². The summed E-state index contributed by atoms with van der Waals surface area (Å²) in [6.45, 7) is 23.6. The number of hydrogen-bond donors (Lipinski definition) is 1. The first-order valence-corrected chi connectivity index (χ1v) is 18.4. The predicted molar refractivity (Wildman–Crippen MR) is 192 cm³/mol. The lowest BCUT2D eigenvalue weighted by Gasteiger charge is -2.47. The summed E-state index contributed by atoms with van der Waals surface area (Å²) in [6.07, 6.45) is 5.39. The average Bonchev–Trinajstić information content (AvgIpc) is 3.56. The smallest absolute Gasteiger partial charge is 0.247 e. The molecule has 2 bridgehead atoms. The van der Waals surface area contributed by atoms with Crippen molar-refractivity contribution in [2.75, 3.05) is 19.7 Å². The van der Waals surface area contributed by atoms with E-state index in [1.54, 1.807) is 33.7 Å². The van der Waals surface area contributed by atoms with Gasteiger partial charge in [-0.3, -0.25) is 14.4 Å². The number of thioether (sulfide) groups is 1. The molecule has 1 N–H and O–H groups in total. The second-order valence-corrected chi connectivity index (χ2v) is 18.4. The van der Waals surface area contributed by atoms with Gasteiger partial charge in [0.25, 0.3) is 0 Å².